The van der Waals surface area contributed by atoms with Gasteiger partial charge in [0.15, 0.2) is 5.96 Å². The Hall–Kier alpha value is -1.48. The summed E-state index contributed by atoms with van der Waals surface area (Å²) >= 11 is 1.54. The van der Waals surface area contributed by atoms with E-state index in [-0.39, 0.29) is 11.8 Å². The molecule has 0 aromatic rings. The van der Waals surface area contributed by atoms with Crippen LogP contribution >= 0.6 is 11.8 Å². The zero-order chi connectivity index (χ0) is 28.9. The molecule has 4 atom stereocenters. The second kappa shape index (κ2) is 21.3. The SMILES string of the molecule is C/N=C(/NC)NCCCC(N)C(=O)NCCSCC(=O)NCCCC[C@]1(C)CC(C)CCCCCC[C@H](C)C1. The molecule has 0 spiro atoms. The first kappa shape index (κ1) is 35.5. The van der Waals surface area contributed by atoms with Crippen molar-refractivity contribution in [2.24, 2.45) is 28.0 Å². The normalized spacial score (nSPS) is 23.8. The number of carbonyl (C=O) groups is 2. The molecule has 0 saturated heterocycles. The number of unbranched alkanes of at least 4 members (excludes halogenated alkanes) is 1. The molecule has 0 aliphatic heterocycles. The fraction of sp³-hybridized carbons (Fsp3) is 0.900. The van der Waals surface area contributed by atoms with E-state index < -0.39 is 6.04 Å². The number of nitrogens with one attached hydrogen (secondary N) is 4. The number of aliphatic imine (C=N–C) groups is 1. The van der Waals surface area contributed by atoms with E-state index in [1.54, 1.807) is 25.9 Å². The van der Waals surface area contributed by atoms with Gasteiger partial charge in [-0.25, -0.2) is 0 Å². The summed E-state index contributed by atoms with van der Waals surface area (Å²) in [4.78, 5) is 28.4. The van der Waals surface area contributed by atoms with Crippen LogP contribution in [0.25, 0.3) is 0 Å². The van der Waals surface area contributed by atoms with Crippen molar-refractivity contribution in [1.29, 1.82) is 0 Å². The maximum Gasteiger partial charge on any atom is 0.236 e. The van der Waals surface area contributed by atoms with E-state index in [9.17, 15) is 9.59 Å². The van der Waals surface area contributed by atoms with Gasteiger partial charge in [-0.1, -0.05) is 65.7 Å². The highest BCUT2D eigenvalue weighted by Gasteiger charge is 2.28. The van der Waals surface area contributed by atoms with E-state index >= 15 is 0 Å². The Morgan fingerprint density at radius 2 is 1.59 bits per heavy atom. The summed E-state index contributed by atoms with van der Waals surface area (Å²) in [5.74, 6) is 3.41. The number of amides is 2. The smallest absolute Gasteiger partial charge is 0.236 e. The average molecular weight is 569 g/mol. The largest absolute Gasteiger partial charge is 0.359 e. The maximum absolute atomic E-state index is 12.2. The van der Waals surface area contributed by atoms with Crippen LogP contribution in [0.1, 0.15) is 104 Å². The van der Waals surface area contributed by atoms with Crippen LogP contribution in [0.5, 0.6) is 0 Å². The highest BCUT2D eigenvalue weighted by Crippen LogP contribution is 2.40. The minimum Gasteiger partial charge on any atom is -0.359 e. The number of nitrogens with two attached hydrogens (primary N) is 1. The number of hydrogen-bond donors (Lipinski definition) is 5. The first-order valence-corrected chi connectivity index (χ1v) is 16.6. The lowest BCUT2D eigenvalue weighted by Gasteiger charge is -2.35. The lowest BCUT2D eigenvalue weighted by atomic mass is 9.71. The molecule has 228 valence electrons. The van der Waals surface area contributed by atoms with Crippen LogP contribution in [-0.2, 0) is 9.59 Å². The summed E-state index contributed by atoms with van der Waals surface area (Å²) in [6, 6.07) is -0.522. The quantitative estimate of drug-likeness (QED) is 0.113. The number of hydrogen-bond acceptors (Lipinski definition) is 5. The van der Waals surface area contributed by atoms with E-state index in [0.717, 1.165) is 37.2 Å². The zero-order valence-corrected chi connectivity index (χ0v) is 26.5. The first-order chi connectivity index (χ1) is 18.7. The molecule has 0 aromatic heterocycles. The fourth-order valence-corrected chi connectivity index (χ4v) is 6.63. The van der Waals surface area contributed by atoms with E-state index in [4.69, 9.17) is 5.73 Å². The number of guanidine groups is 1. The summed E-state index contributed by atoms with van der Waals surface area (Å²) in [6.07, 6.45) is 15.9. The van der Waals surface area contributed by atoms with Crippen LogP contribution in [0.3, 0.4) is 0 Å². The summed E-state index contributed by atoms with van der Waals surface area (Å²) in [6.45, 7) is 9.38. The third-order valence-corrected chi connectivity index (χ3v) is 8.88. The second-order valence-corrected chi connectivity index (χ2v) is 13.2. The van der Waals surface area contributed by atoms with Gasteiger partial charge in [0, 0.05) is 39.5 Å². The van der Waals surface area contributed by atoms with Crippen LogP contribution in [0.2, 0.25) is 0 Å². The van der Waals surface area contributed by atoms with Gasteiger partial charge in [0.2, 0.25) is 11.8 Å². The average Bonchev–Trinajstić information content (AvgIpc) is 2.92. The molecule has 1 aliphatic carbocycles. The van der Waals surface area contributed by atoms with Crippen LogP contribution < -0.4 is 27.0 Å². The Balaban J connectivity index is 2.14. The second-order valence-electron chi connectivity index (χ2n) is 12.1. The highest BCUT2D eigenvalue weighted by molar-refractivity contribution is 7.99. The summed E-state index contributed by atoms with van der Waals surface area (Å²) in [5.41, 5.74) is 6.41. The van der Waals surface area contributed by atoms with Gasteiger partial charge in [-0.3, -0.25) is 14.6 Å². The molecular formula is C30H60N6O2S. The Bertz CT molecular complexity index is 689. The van der Waals surface area contributed by atoms with Crippen LogP contribution in [0, 0.1) is 17.3 Å². The monoisotopic (exact) mass is 568 g/mol. The van der Waals surface area contributed by atoms with E-state index in [2.05, 4.69) is 47.0 Å². The zero-order valence-electron chi connectivity index (χ0n) is 25.7. The number of nitrogens with zero attached hydrogens (tertiary/aromatic N) is 1. The summed E-state index contributed by atoms with van der Waals surface area (Å²) < 4.78 is 0. The van der Waals surface area contributed by atoms with Crippen molar-refractivity contribution in [1.82, 2.24) is 21.3 Å². The molecule has 2 unspecified atom stereocenters. The van der Waals surface area contributed by atoms with Crippen molar-refractivity contribution >= 4 is 29.5 Å². The van der Waals surface area contributed by atoms with Crippen LogP contribution in [-0.4, -0.2) is 69.1 Å². The van der Waals surface area contributed by atoms with Crippen molar-refractivity contribution in [3.63, 3.8) is 0 Å². The van der Waals surface area contributed by atoms with Crippen molar-refractivity contribution < 1.29 is 9.59 Å². The third kappa shape index (κ3) is 17.7. The van der Waals surface area contributed by atoms with Gasteiger partial charge in [-0.15, -0.1) is 0 Å². The van der Waals surface area contributed by atoms with E-state index in [1.165, 1.54) is 64.2 Å². The van der Waals surface area contributed by atoms with Crippen molar-refractivity contribution in [3.8, 4) is 0 Å². The molecular weight excluding hydrogens is 508 g/mol. The number of thioether (sulfide) groups is 1. The molecule has 1 saturated carbocycles. The predicted molar refractivity (Wildman–Crippen MR) is 168 cm³/mol. The topological polar surface area (TPSA) is 121 Å². The summed E-state index contributed by atoms with van der Waals surface area (Å²) in [5, 5.41) is 12.0. The van der Waals surface area contributed by atoms with Gasteiger partial charge < -0.3 is 27.0 Å². The molecule has 0 aromatic carbocycles. The number of rotatable bonds is 15. The predicted octanol–water partition coefficient (Wildman–Crippen LogP) is 4.44. The Kier molecular flexibility index (Phi) is 19.4. The number of carbonyl (C=O) groups excluding carboxylic acids is 2. The fourth-order valence-electron chi connectivity index (χ4n) is 5.95. The van der Waals surface area contributed by atoms with E-state index in [0.29, 0.717) is 36.4 Å². The highest BCUT2D eigenvalue weighted by atomic mass is 32.2. The van der Waals surface area contributed by atoms with Crippen molar-refractivity contribution in [3.05, 3.63) is 0 Å². The van der Waals surface area contributed by atoms with Gasteiger partial charge in [-0.05, 0) is 55.8 Å². The lowest BCUT2D eigenvalue weighted by Crippen LogP contribution is -2.42. The minimum atomic E-state index is -0.522. The summed E-state index contributed by atoms with van der Waals surface area (Å²) in [7, 11) is 3.52. The molecule has 0 radical (unpaired) electrons. The molecule has 39 heavy (non-hydrogen) atoms. The molecule has 0 bridgehead atoms. The van der Waals surface area contributed by atoms with Gasteiger partial charge in [-0.2, -0.15) is 11.8 Å². The molecule has 2 amide bonds. The first-order valence-electron chi connectivity index (χ1n) is 15.4. The standard InChI is InChI=1S/C30H60N6O2S/c1-24-13-8-6-7-9-14-25(2)22-30(3,21-24)16-10-11-17-34-27(37)23-39-20-19-35-28(38)26(31)15-12-18-36-29(32-4)33-5/h24-26H,6-23,31H2,1-5H3,(H,34,37)(H,35,38)(H2,32,33,36)/t24-,25?,26?,30-/m0/s1. The maximum atomic E-state index is 12.2. The van der Waals surface area contributed by atoms with Crippen molar-refractivity contribution in [2.45, 2.75) is 110 Å². The third-order valence-electron chi connectivity index (χ3n) is 7.92. The molecule has 0 heterocycles. The van der Waals surface area contributed by atoms with Gasteiger partial charge in [0.1, 0.15) is 0 Å². The Labute approximate surface area is 243 Å². The molecule has 9 heteroatoms. The van der Waals surface area contributed by atoms with Gasteiger partial charge >= 0.3 is 0 Å². The van der Waals surface area contributed by atoms with Gasteiger partial charge in [0.25, 0.3) is 0 Å². The lowest BCUT2D eigenvalue weighted by molar-refractivity contribution is -0.122. The Morgan fingerprint density at radius 3 is 2.21 bits per heavy atom. The van der Waals surface area contributed by atoms with Crippen molar-refractivity contribution in [2.75, 3.05) is 45.2 Å². The molecule has 1 rings (SSSR count). The van der Waals surface area contributed by atoms with Crippen LogP contribution in [0.15, 0.2) is 4.99 Å². The molecule has 1 aliphatic rings. The molecule has 1 fully saturated rings. The molecule has 6 N–H and O–H groups in total. The Morgan fingerprint density at radius 1 is 0.949 bits per heavy atom. The molecule has 8 nitrogen and oxygen atoms in total. The van der Waals surface area contributed by atoms with E-state index in [1.807, 2.05) is 0 Å². The van der Waals surface area contributed by atoms with Crippen LogP contribution in [0.4, 0.5) is 0 Å². The minimum absolute atomic E-state index is 0.0792. The van der Waals surface area contributed by atoms with Gasteiger partial charge in [0.05, 0.1) is 11.8 Å².